The minimum atomic E-state index is -0.822. The highest BCUT2D eigenvalue weighted by Crippen LogP contribution is 2.36. The first-order valence-electron chi connectivity index (χ1n) is 8.51. The SMILES string of the molecule is Cc1cc(C)c2c(n1)SCC(=O)N2CCCC(=O)Nc1ccc(F)cc1F. The van der Waals surface area contributed by atoms with E-state index in [2.05, 4.69) is 10.3 Å². The van der Waals surface area contributed by atoms with Gasteiger partial charge in [0.05, 0.1) is 17.1 Å². The molecule has 0 radical (unpaired) electrons. The number of thioether (sulfide) groups is 1. The van der Waals surface area contributed by atoms with Gasteiger partial charge in [0, 0.05) is 24.7 Å². The number of anilines is 2. The molecule has 0 bridgehead atoms. The second-order valence-corrected chi connectivity index (χ2v) is 7.31. The minimum absolute atomic E-state index is 0.0220. The summed E-state index contributed by atoms with van der Waals surface area (Å²) < 4.78 is 26.5. The smallest absolute Gasteiger partial charge is 0.237 e. The second kappa shape index (κ2) is 8.04. The third kappa shape index (κ3) is 4.44. The molecular formula is C19H19F2N3O2S. The summed E-state index contributed by atoms with van der Waals surface area (Å²) in [6, 6.07) is 4.91. The van der Waals surface area contributed by atoms with Gasteiger partial charge in [-0.25, -0.2) is 13.8 Å². The van der Waals surface area contributed by atoms with Crippen LogP contribution < -0.4 is 10.2 Å². The van der Waals surface area contributed by atoms with E-state index in [0.717, 1.165) is 28.0 Å². The van der Waals surface area contributed by atoms with Gasteiger partial charge in [0.25, 0.3) is 0 Å². The summed E-state index contributed by atoms with van der Waals surface area (Å²) in [5, 5.41) is 3.25. The number of carbonyl (C=O) groups excluding carboxylic acids is 2. The molecule has 0 fully saturated rings. The molecule has 1 aliphatic heterocycles. The fourth-order valence-corrected chi connectivity index (χ4v) is 4.03. The number of nitrogens with one attached hydrogen (secondary N) is 1. The van der Waals surface area contributed by atoms with Crippen molar-refractivity contribution in [1.29, 1.82) is 0 Å². The average molecular weight is 391 g/mol. The molecular weight excluding hydrogens is 372 g/mol. The van der Waals surface area contributed by atoms with Crippen molar-refractivity contribution in [3.05, 3.63) is 47.2 Å². The number of fused-ring (bicyclic) bond motifs is 1. The van der Waals surface area contributed by atoms with Crippen molar-refractivity contribution >= 4 is 35.0 Å². The summed E-state index contributed by atoms with van der Waals surface area (Å²) in [4.78, 5) is 30.5. The molecule has 3 rings (SSSR count). The van der Waals surface area contributed by atoms with Gasteiger partial charge in [-0.15, -0.1) is 0 Å². The summed E-state index contributed by atoms with van der Waals surface area (Å²) in [6.07, 6.45) is 0.527. The van der Waals surface area contributed by atoms with Gasteiger partial charge in [-0.2, -0.15) is 0 Å². The highest BCUT2D eigenvalue weighted by molar-refractivity contribution is 8.00. The standard InChI is InChI=1S/C19H19F2N3O2S/c1-11-8-12(2)22-19-18(11)24(17(26)10-27-19)7-3-4-16(25)23-15-6-5-13(20)9-14(15)21/h5-6,8-9H,3-4,7,10H2,1-2H3,(H,23,25). The number of pyridine rings is 1. The number of aromatic nitrogens is 1. The molecule has 0 saturated carbocycles. The van der Waals surface area contributed by atoms with Gasteiger partial charge >= 0.3 is 0 Å². The maximum absolute atomic E-state index is 13.6. The van der Waals surface area contributed by atoms with Crippen LogP contribution in [0.4, 0.5) is 20.2 Å². The van der Waals surface area contributed by atoms with Crippen LogP contribution in [0.1, 0.15) is 24.1 Å². The molecule has 142 valence electrons. The average Bonchev–Trinajstić information content (AvgIpc) is 2.59. The quantitative estimate of drug-likeness (QED) is 0.841. The normalized spacial score (nSPS) is 13.5. The van der Waals surface area contributed by atoms with Crippen LogP contribution in [0.3, 0.4) is 0 Å². The van der Waals surface area contributed by atoms with Crippen molar-refractivity contribution < 1.29 is 18.4 Å². The molecule has 2 amide bonds. The van der Waals surface area contributed by atoms with Crippen molar-refractivity contribution in [2.45, 2.75) is 31.7 Å². The minimum Gasteiger partial charge on any atom is -0.324 e. The van der Waals surface area contributed by atoms with E-state index in [1.807, 2.05) is 19.9 Å². The van der Waals surface area contributed by atoms with Crippen molar-refractivity contribution in [3.63, 3.8) is 0 Å². The number of nitrogens with zero attached hydrogens (tertiary/aromatic N) is 2. The lowest BCUT2D eigenvalue weighted by Crippen LogP contribution is -2.37. The predicted molar refractivity (Wildman–Crippen MR) is 101 cm³/mol. The summed E-state index contributed by atoms with van der Waals surface area (Å²) in [5.74, 6) is -1.62. The third-order valence-corrected chi connectivity index (χ3v) is 5.12. The number of carbonyl (C=O) groups is 2. The van der Waals surface area contributed by atoms with Crippen molar-refractivity contribution in [3.8, 4) is 0 Å². The summed E-state index contributed by atoms with van der Waals surface area (Å²) in [7, 11) is 0. The zero-order valence-electron chi connectivity index (χ0n) is 15.0. The Kier molecular flexibility index (Phi) is 5.74. The van der Waals surface area contributed by atoms with E-state index >= 15 is 0 Å². The number of aryl methyl sites for hydroxylation is 2. The molecule has 0 saturated heterocycles. The fraction of sp³-hybridized carbons (Fsp3) is 0.316. The van der Waals surface area contributed by atoms with Gasteiger partial charge < -0.3 is 10.2 Å². The first-order valence-corrected chi connectivity index (χ1v) is 9.50. The molecule has 0 spiro atoms. The first-order chi connectivity index (χ1) is 12.8. The van der Waals surface area contributed by atoms with Crippen LogP contribution >= 0.6 is 11.8 Å². The van der Waals surface area contributed by atoms with E-state index in [0.29, 0.717) is 24.8 Å². The van der Waals surface area contributed by atoms with Crippen LogP contribution in [0.15, 0.2) is 29.3 Å². The molecule has 27 heavy (non-hydrogen) atoms. The van der Waals surface area contributed by atoms with Gasteiger partial charge in [0.15, 0.2) is 0 Å². The predicted octanol–water partition coefficient (Wildman–Crippen LogP) is 3.83. The van der Waals surface area contributed by atoms with Gasteiger partial charge in [-0.05, 0) is 44.0 Å². The van der Waals surface area contributed by atoms with Crippen LogP contribution in [-0.4, -0.2) is 29.1 Å². The van der Waals surface area contributed by atoms with E-state index in [1.165, 1.54) is 17.8 Å². The lowest BCUT2D eigenvalue weighted by molar-refractivity contribution is -0.117. The maximum atomic E-state index is 13.6. The molecule has 8 heteroatoms. The molecule has 0 atom stereocenters. The highest BCUT2D eigenvalue weighted by atomic mass is 32.2. The van der Waals surface area contributed by atoms with E-state index in [1.54, 1.807) is 4.90 Å². The Hall–Kier alpha value is -2.48. The molecule has 2 heterocycles. The monoisotopic (exact) mass is 391 g/mol. The summed E-state index contributed by atoms with van der Waals surface area (Å²) >= 11 is 1.42. The molecule has 0 unspecified atom stereocenters. The Morgan fingerprint density at radius 3 is 2.81 bits per heavy atom. The van der Waals surface area contributed by atoms with E-state index in [4.69, 9.17) is 0 Å². The largest absolute Gasteiger partial charge is 0.324 e. The van der Waals surface area contributed by atoms with Crippen LogP contribution in [0.5, 0.6) is 0 Å². The molecule has 2 aromatic rings. The van der Waals surface area contributed by atoms with Crippen LogP contribution in [0, 0.1) is 25.5 Å². The van der Waals surface area contributed by atoms with Crippen molar-refractivity contribution in [2.24, 2.45) is 0 Å². The Morgan fingerprint density at radius 1 is 1.30 bits per heavy atom. The van der Waals surface area contributed by atoms with E-state index in [-0.39, 0.29) is 18.0 Å². The zero-order valence-corrected chi connectivity index (χ0v) is 15.8. The Labute approximate surface area is 160 Å². The Balaban J connectivity index is 1.62. The maximum Gasteiger partial charge on any atom is 0.237 e. The van der Waals surface area contributed by atoms with E-state index < -0.39 is 17.5 Å². The lowest BCUT2D eigenvalue weighted by atomic mass is 10.1. The Bertz CT molecular complexity index is 905. The van der Waals surface area contributed by atoms with Crippen molar-refractivity contribution in [2.75, 3.05) is 22.5 Å². The third-order valence-electron chi connectivity index (χ3n) is 4.17. The van der Waals surface area contributed by atoms with Gasteiger partial charge in [-0.3, -0.25) is 9.59 Å². The lowest BCUT2D eigenvalue weighted by Gasteiger charge is -2.30. The topological polar surface area (TPSA) is 62.3 Å². The number of hydrogen-bond donors (Lipinski definition) is 1. The molecule has 1 aliphatic rings. The summed E-state index contributed by atoms with van der Waals surface area (Å²) in [5.41, 5.74) is 2.60. The molecule has 1 aromatic carbocycles. The molecule has 1 aromatic heterocycles. The van der Waals surface area contributed by atoms with Gasteiger partial charge in [0.2, 0.25) is 11.8 Å². The molecule has 0 aliphatic carbocycles. The first kappa shape index (κ1) is 19.3. The molecule has 5 nitrogen and oxygen atoms in total. The van der Waals surface area contributed by atoms with Crippen LogP contribution in [0.25, 0.3) is 0 Å². The van der Waals surface area contributed by atoms with Crippen molar-refractivity contribution in [1.82, 2.24) is 4.98 Å². The second-order valence-electron chi connectivity index (χ2n) is 6.34. The zero-order chi connectivity index (χ0) is 19.6. The Morgan fingerprint density at radius 2 is 2.07 bits per heavy atom. The number of rotatable bonds is 5. The molecule has 1 N–H and O–H groups in total. The number of halogens is 2. The van der Waals surface area contributed by atoms with Gasteiger partial charge in [0.1, 0.15) is 16.7 Å². The van der Waals surface area contributed by atoms with Crippen LogP contribution in [0.2, 0.25) is 0 Å². The highest BCUT2D eigenvalue weighted by Gasteiger charge is 2.27. The van der Waals surface area contributed by atoms with Gasteiger partial charge in [-0.1, -0.05) is 11.8 Å². The van der Waals surface area contributed by atoms with Crippen LogP contribution in [-0.2, 0) is 9.59 Å². The number of amides is 2. The van der Waals surface area contributed by atoms with E-state index in [9.17, 15) is 18.4 Å². The summed E-state index contributed by atoms with van der Waals surface area (Å²) in [6.45, 7) is 4.22. The number of hydrogen-bond acceptors (Lipinski definition) is 4. The number of benzene rings is 1. The fourth-order valence-electron chi connectivity index (χ4n) is 3.00.